The minimum absolute atomic E-state index is 1.22. The Hall–Kier alpha value is -6.24. The second-order valence-corrected chi connectivity index (χ2v) is 12.9. The topological polar surface area (TPSA) is 0 Å². The van der Waals surface area contributed by atoms with Gasteiger partial charge < -0.3 is 0 Å². The number of rotatable bonds is 3. The summed E-state index contributed by atoms with van der Waals surface area (Å²) < 4.78 is 0. The van der Waals surface area contributed by atoms with E-state index in [9.17, 15) is 0 Å². The van der Waals surface area contributed by atoms with Crippen molar-refractivity contribution in [2.24, 2.45) is 0 Å². The molecular weight excluding hydrogens is 577 g/mol. The van der Waals surface area contributed by atoms with Crippen molar-refractivity contribution in [1.82, 2.24) is 0 Å². The highest BCUT2D eigenvalue weighted by atomic mass is 14.2. The van der Waals surface area contributed by atoms with Gasteiger partial charge in [0.15, 0.2) is 0 Å². The standard InChI is InChI=1S/C48H30/c1-3-11-33-27-37(19-17-31(33)9-1)39-25-26-40(38-20-18-32-10-2-4-12-34(32)28-38)47-29-35(21-23-45(39)47)36-22-24-46-43-15-6-5-13-41(43)42-14-7-8-16-44(42)48(46)30-36/h1-30H. The maximum Gasteiger partial charge on any atom is -0.00928 e. The van der Waals surface area contributed by atoms with E-state index in [2.05, 4.69) is 182 Å². The van der Waals surface area contributed by atoms with Crippen LogP contribution in [-0.4, -0.2) is 0 Å². The van der Waals surface area contributed by atoms with Gasteiger partial charge in [-0.3, -0.25) is 0 Å². The fraction of sp³-hybridized carbons (Fsp3) is 0. The molecule has 222 valence electrons. The molecule has 0 spiro atoms. The van der Waals surface area contributed by atoms with Gasteiger partial charge in [-0.05, 0) is 122 Å². The van der Waals surface area contributed by atoms with E-state index in [0.29, 0.717) is 0 Å². The molecule has 10 aromatic rings. The van der Waals surface area contributed by atoms with Crippen molar-refractivity contribution in [2.75, 3.05) is 0 Å². The summed E-state index contributed by atoms with van der Waals surface area (Å²) in [5, 5.41) is 15.3. The lowest BCUT2D eigenvalue weighted by atomic mass is 9.88. The first-order valence-corrected chi connectivity index (χ1v) is 16.7. The normalized spacial score (nSPS) is 11.8. The summed E-state index contributed by atoms with van der Waals surface area (Å²) in [4.78, 5) is 0. The van der Waals surface area contributed by atoms with Crippen molar-refractivity contribution < 1.29 is 0 Å². The van der Waals surface area contributed by atoms with Crippen molar-refractivity contribution in [1.29, 1.82) is 0 Å². The maximum atomic E-state index is 2.41. The Morgan fingerprint density at radius 3 is 1.10 bits per heavy atom. The van der Waals surface area contributed by atoms with E-state index in [1.165, 1.54) is 98.0 Å². The molecule has 48 heavy (non-hydrogen) atoms. The zero-order chi connectivity index (χ0) is 31.6. The van der Waals surface area contributed by atoms with Crippen LogP contribution in [0.5, 0.6) is 0 Å². The van der Waals surface area contributed by atoms with Gasteiger partial charge in [0.25, 0.3) is 0 Å². The molecule has 0 aliphatic carbocycles. The zero-order valence-electron chi connectivity index (χ0n) is 26.3. The Morgan fingerprint density at radius 2 is 0.562 bits per heavy atom. The quantitative estimate of drug-likeness (QED) is 0.176. The SMILES string of the molecule is c1ccc2cc(-c3ccc(-c4ccc5ccccc5c4)c4cc(-c5ccc6c7ccccc7c7ccccc7c6c5)ccc34)ccc2c1. The highest BCUT2D eigenvalue weighted by Crippen LogP contribution is 2.41. The monoisotopic (exact) mass is 606 g/mol. The van der Waals surface area contributed by atoms with Crippen LogP contribution in [0.3, 0.4) is 0 Å². The second-order valence-electron chi connectivity index (χ2n) is 12.9. The van der Waals surface area contributed by atoms with E-state index < -0.39 is 0 Å². The Labute approximate surface area is 279 Å². The van der Waals surface area contributed by atoms with E-state index in [4.69, 9.17) is 0 Å². The minimum Gasteiger partial charge on any atom is -0.0616 e. The van der Waals surface area contributed by atoms with Gasteiger partial charge in [0, 0.05) is 0 Å². The average molecular weight is 607 g/mol. The van der Waals surface area contributed by atoms with Crippen LogP contribution >= 0.6 is 0 Å². The zero-order valence-corrected chi connectivity index (χ0v) is 26.3. The molecule has 0 amide bonds. The van der Waals surface area contributed by atoms with E-state index in [1.807, 2.05) is 0 Å². The molecule has 0 nitrogen and oxygen atoms in total. The van der Waals surface area contributed by atoms with Gasteiger partial charge in [0.2, 0.25) is 0 Å². The molecule has 0 atom stereocenters. The number of hydrogen-bond acceptors (Lipinski definition) is 0. The van der Waals surface area contributed by atoms with E-state index >= 15 is 0 Å². The summed E-state index contributed by atoms with van der Waals surface area (Å²) in [6.45, 7) is 0. The summed E-state index contributed by atoms with van der Waals surface area (Å²) in [7, 11) is 0. The van der Waals surface area contributed by atoms with Gasteiger partial charge in [-0.25, -0.2) is 0 Å². The molecule has 0 fully saturated rings. The van der Waals surface area contributed by atoms with Crippen LogP contribution in [0.4, 0.5) is 0 Å². The maximum absolute atomic E-state index is 2.41. The first-order valence-electron chi connectivity index (χ1n) is 16.7. The van der Waals surface area contributed by atoms with Gasteiger partial charge in [-0.1, -0.05) is 158 Å². The molecule has 0 radical (unpaired) electrons. The molecule has 0 heterocycles. The van der Waals surface area contributed by atoms with Gasteiger partial charge in [-0.15, -0.1) is 0 Å². The lowest BCUT2D eigenvalue weighted by Crippen LogP contribution is -1.89. The molecule has 0 aliphatic heterocycles. The van der Waals surface area contributed by atoms with E-state index in [0.717, 1.165) is 0 Å². The van der Waals surface area contributed by atoms with E-state index in [-0.39, 0.29) is 0 Å². The van der Waals surface area contributed by atoms with Gasteiger partial charge in [0.1, 0.15) is 0 Å². The molecular formula is C48H30. The predicted octanol–water partition coefficient (Wildman–Crippen LogP) is 13.6. The summed E-state index contributed by atoms with van der Waals surface area (Å²) in [6, 6.07) is 67.2. The van der Waals surface area contributed by atoms with Crippen LogP contribution in [-0.2, 0) is 0 Å². The largest absolute Gasteiger partial charge is 0.0616 e. The van der Waals surface area contributed by atoms with Crippen LogP contribution in [0.25, 0.3) is 98.0 Å². The third-order valence-corrected chi connectivity index (χ3v) is 10.2. The first-order chi connectivity index (χ1) is 23.8. The first kappa shape index (κ1) is 26.9. The van der Waals surface area contributed by atoms with Crippen LogP contribution in [0.1, 0.15) is 0 Å². The highest BCUT2D eigenvalue weighted by molar-refractivity contribution is 6.25. The van der Waals surface area contributed by atoms with Crippen LogP contribution in [0, 0.1) is 0 Å². The van der Waals surface area contributed by atoms with Gasteiger partial charge in [0.05, 0.1) is 0 Å². The third kappa shape index (κ3) is 4.24. The molecule has 0 aliphatic rings. The Kier molecular flexibility index (Phi) is 5.98. The Bertz CT molecular complexity index is 2860. The van der Waals surface area contributed by atoms with Crippen LogP contribution in [0.2, 0.25) is 0 Å². The number of hydrogen-bond donors (Lipinski definition) is 0. The summed E-state index contributed by atoms with van der Waals surface area (Å²) in [6.07, 6.45) is 0. The second kappa shape index (κ2) is 10.7. The molecule has 0 saturated carbocycles. The molecule has 0 unspecified atom stereocenters. The molecule has 0 N–H and O–H groups in total. The average Bonchev–Trinajstić information content (AvgIpc) is 3.17. The number of benzene rings is 10. The van der Waals surface area contributed by atoms with Crippen molar-refractivity contribution in [3.8, 4) is 33.4 Å². The minimum atomic E-state index is 1.22. The van der Waals surface area contributed by atoms with Crippen molar-refractivity contribution >= 4 is 64.6 Å². The Morgan fingerprint density at radius 1 is 0.188 bits per heavy atom. The summed E-state index contributed by atoms with van der Waals surface area (Å²) in [5.74, 6) is 0. The lowest BCUT2D eigenvalue weighted by molar-refractivity contribution is 1.64. The van der Waals surface area contributed by atoms with Gasteiger partial charge >= 0.3 is 0 Å². The van der Waals surface area contributed by atoms with Gasteiger partial charge in [-0.2, -0.15) is 0 Å². The molecule has 0 saturated heterocycles. The molecule has 10 aromatic carbocycles. The Balaban J connectivity index is 1.22. The van der Waals surface area contributed by atoms with E-state index in [1.54, 1.807) is 0 Å². The van der Waals surface area contributed by atoms with Crippen LogP contribution < -0.4 is 0 Å². The fourth-order valence-electron chi connectivity index (χ4n) is 7.83. The van der Waals surface area contributed by atoms with Crippen molar-refractivity contribution in [3.05, 3.63) is 182 Å². The predicted molar refractivity (Wildman–Crippen MR) is 208 cm³/mol. The molecule has 10 rings (SSSR count). The number of fused-ring (bicyclic) bond motifs is 9. The highest BCUT2D eigenvalue weighted by Gasteiger charge is 2.14. The molecule has 0 bridgehead atoms. The summed E-state index contributed by atoms with van der Waals surface area (Å²) in [5.41, 5.74) is 7.42. The smallest absolute Gasteiger partial charge is 0.00928 e. The summed E-state index contributed by atoms with van der Waals surface area (Å²) >= 11 is 0. The van der Waals surface area contributed by atoms with Crippen molar-refractivity contribution in [2.45, 2.75) is 0 Å². The fourth-order valence-corrected chi connectivity index (χ4v) is 7.83. The molecule has 0 heteroatoms. The molecule has 0 aromatic heterocycles. The van der Waals surface area contributed by atoms with Crippen molar-refractivity contribution in [3.63, 3.8) is 0 Å². The third-order valence-electron chi connectivity index (χ3n) is 10.2. The van der Waals surface area contributed by atoms with Crippen LogP contribution in [0.15, 0.2) is 182 Å². The lowest BCUT2D eigenvalue weighted by Gasteiger charge is -2.16.